The van der Waals surface area contributed by atoms with Crippen LogP contribution >= 0.6 is 0 Å². The van der Waals surface area contributed by atoms with Crippen molar-refractivity contribution in [3.63, 3.8) is 0 Å². The fraction of sp³-hybridized carbons (Fsp3) is 0.385. The van der Waals surface area contributed by atoms with Gasteiger partial charge in [-0.25, -0.2) is 9.59 Å². The lowest BCUT2D eigenvalue weighted by Gasteiger charge is -2.13. The Morgan fingerprint density at radius 1 is 1.26 bits per heavy atom. The average Bonchev–Trinajstić information content (AvgIpc) is 2.74. The van der Waals surface area contributed by atoms with Crippen LogP contribution in [0, 0.1) is 6.92 Å². The molecule has 6 nitrogen and oxygen atoms in total. The number of esters is 2. The first-order chi connectivity index (χ1) is 9.06. The molecule has 0 atom stereocenters. The van der Waals surface area contributed by atoms with Crippen molar-refractivity contribution in [2.45, 2.75) is 20.8 Å². The van der Waals surface area contributed by atoms with Gasteiger partial charge in [0.2, 0.25) is 0 Å². The minimum Gasteiger partial charge on any atom is -0.461 e. The van der Waals surface area contributed by atoms with Crippen molar-refractivity contribution in [2.75, 3.05) is 13.2 Å². The summed E-state index contributed by atoms with van der Waals surface area (Å²) >= 11 is 0. The normalized spacial score (nSPS) is 11.2. The molecular formula is C13H18N2O4. The van der Waals surface area contributed by atoms with Crippen molar-refractivity contribution in [3.05, 3.63) is 29.7 Å². The van der Waals surface area contributed by atoms with Crippen LogP contribution in [-0.4, -0.2) is 29.7 Å². The van der Waals surface area contributed by atoms with Gasteiger partial charge in [-0.1, -0.05) is 0 Å². The van der Waals surface area contributed by atoms with E-state index in [1.165, 1.54) is 4.57 Å². The predicted molar refractivity (Wildman–Crippen MR) is 70.2 cm³/mol. The third-order valence-corrected chi connectivity index (χ3v) is 2.44. The molecule has 0 aliphatic heterocycles. The molecule has 1 aromatic rings. The molecule has 0 aliphatic rings. The molecule has 0 unspecified atom stereocenters. The summed E-state index contributed by atoms with van der Waals surface area (Å²) in [6, 6.07) is 3.28. The van der Waals surface area contributed by atoms with E-state index in [0.717, 1.165) is 6.20 Å². The lowest BCUT2D eigenvalue weighted by Crippen LogP contribution is -2.19. The van der Waals surface area contributed by atoms with Crippen LogP contribution in [0.2, 0.25) is 0 Å². The van der Waals surface area contributed by atoms with Crippen LogP contribution in [0.15, 0.2) is 18.3 Å². The van der Waals surface area contributed by atoms with Crippen molar-refractivity contribution >= 4 is 17.6 Å². The molecule has 0 fully saturated rings. The molecule has 19 heavy (non-hydrogen) atoms. The topological polar surface area (TPSA) is 83.5 Å². The molecule has 6 heteroatoms. The fourth-order valence-electron chi connectivity index (χ4n) is 1.66. The number of rotatable bonds is 5. The second-order valence-corrected chi connectivity index (χ2v) is 3.69. The van der Waals surface area contributed by atoms with Gasteiger partial charge in [0.25, 0.3) is 0 Å². The molecule has 2 N–H and O–H groups in total. The number of hydrogen-bond donors (Lipinski definition) is 1. The number of ether oxygens (including phenoxy) is 2. The molecule has 0 saturated heterocycles. The lowest BCUT2D eigenvalue weighted by atomic mass is 10.4. The highest BCUT2D eigenvalue weighted by Gasteiger charge is 2.21. The summed E-state index contributed by atoms with van der Waals surface area (Å²) in [6.45, 7) is 5.64. The van der Waals surface area contributed by atoms with Gasteiger partial charge < -0.3 is 19.8 Å². The maximum Gasteiger partial charge on any atom is 0.356 e. The van der Waals surface area contributed by atoms with E-state index in [4.69, 9.17) is 15.2 Å². The zero-order chi connectivity index (χ0) is 14.4. The fourth-order valence-corrected chi connectivity index (χ4v) is 1.66. The van der Waals surface area contributed by atoms with E-state index < -0.39 is 11.9 Å². The molecule has 1 heterocycles. The van der Waals surface area contributed by atoms with Crippen molar-refractivity contribution in [1.29, 1.82) is 0 Å². The Balaban J connectivity index is 3.21. The zero-order valence-corrected chi connectivity index (χ0v) is 11.3. The summed E-state index contributed by atoms with van der Waals surface area (Å²) in [5, 5.41) is 0. The first-order valence-corrected chi connectivity index (χ1v) is 6.01. The molecule has 104 valence electrons. The molecule has 0 radical (unpaired) electrons. The van der Waals surface area contributed by atoms with Gasteiger partial charge in [-0.15, -0.1) is 0 Å². The maximum atomic E-state index is 11.8. The Labute approximate surface area is 111 Å². The van der Waals surface area contributed by atoms with Gasteiger partial charge in [0.15, 0.2) is 0 Å². The van der Waals surface area contributed by atoms with Gasteiger partial charge in [0, 0.05) is 11.9 Å². The molecule has 0 aliphatic carbocycles. The van der Waals surface area contributed by atoms with Crippen molar-refractivity contribution in [2.24, 2.45) is 5.73 Å². The van der Waals surface area contributed by atoms with E-state index in [1.807, 2.05) is 0 Å². The number of nitrogens with zero attached hydrogens (tertiary/aromatic N) is 1. The van der Waals surface area contributed by atoms with E-state index in [2.05, 4.69) is 0 Å². The Morgan fingerprint density at radius 3 is 2.42 bits per heavy atom. The Kier molecular flexibility index (Phi) is 5.17. The molecule has 0 spiro atoms. The highest BCUT2D eigenvalue weighted by Crippen LogP contribution is 2.17. The van der Waals surface area contributed by atoms with E-state index in [9.17, 15) is 9.59 Å². The summed E-state index contributed by atoms with van der Waals surface area (Å²) in [6.07, 6.45) is 1.12. The highest BCUT2D eigenvalue weighted by atomic mass is 16.5. The smallest absolute Gasteiger partial charge is 0.356 e. The van der Waals surface area contributed by atoms with Crippen molar-refractivity contribution in [3.8, 4) is 0 Å². The summed E-state index contributed by atoms with van der Waals surface area (Å²) in [5.41, 5.74) is 6.49. The minimum atomic E-state index is -0.588. The van der Waals surface area contributed by atoms with Gasteiger partial charge in [0.05, 0.1) is 13.2 Å². The van der Waals surface area contributed by atoms with Crippen molar-refractivity contribution in [1.82, 2.24) is 4.57 Å². The summed E-state index contributed by atoms with van der Waals surface area (Å²) < 4.78 is 11.3. The molecule has 0 aromatic carbocycles. The number of nitrogens with two attached hydrogens (primary N) is 1. The third kappa shape index (κ3) is 3.15. The second kappa shape index (κ2) is 6.63. The quantitative estimate of drug-likeness (QED) is 0.641. The summed E-state index contributed by atoms with van der Waals surface area (Å²) in [4.78, 5) is 23.6. The lowest BCUT2D eigenvalue weighted by molar-refractivity contribution is -0.136. The van der Waals surface area contributed by atoms with Crippen LogP contribution in [-0.2, 0) is 14.3 Å². The first-order valence-electron chi connectivity index (χ1n) is 6.01. The zero-order valence-electron chi connectivity index (χ0n) is 11.3. The van der Waals surface area contributed by atoms with E-state index in [-0.39, 0.29) is 24.6 Å². The number of aryl methyl sites for hydroxylation is 1. The Hall–Kier alpha value is -2.24. The van der Waals surface area contributed by atoms with Crippen LogP contribution in [0.25, 0.3) is 5.70 Å². The highest BCUT2D eigenvalue weighted by molar-refractivity contribution is 6.11. The maximum absolute atomic E-state index is 11.8. The van der Waals surface area contributed by atoms with Crippen LogP contribution in [0.4, 0.5) is 0 Å². The number of hydrogen-bond acceptors (Lipinski definition) is 5. The van der Waals surface area contributed by atoms with Gasteiger partial charge in [0.1, 0.15) is 11.4 Å². The number of carbonyl (C=O) groups excluding carboxylic acids is 2. The van der Waals surface area contributed by atoms with Crippen LogP contribution in [0.5, 0.6) is 0 Å². The average molecular weight is 266 g/mol. The summed E-state index contributed by atoms with van der Waals surface area (Å²) in [7, 11) is 0. The molecule has 0 bridgehead atoms. The van der Waals surface area contributed by atoms with Gasteiger partial charge in [-0.3, -0.25) is 0 Å². The molecule has 0 saturated carbocycles. The molecule has 1 rings (SSSR count). The SMILES string of the molecule is CCOC(=O)C(=CN)n1c(C)ccc1C(=O)OCC. The van der Waals surface area contributed by atoms with Gasteiger partial charge in [-0.05, 0) is 32.9 Å². The van der Waals surface area contributed by atoms with Crippen LogP contribution in [0.3, 0.4) is 0 Å². The molecule has 1 aromatic heterocycles. The van der Waals surface area contributed by atoms with E-state index in [1.54, 1.807) is 32.9 Å². The summed E-state index contributed by atoms with van der Waals surface area (Å²) in [5.74, 6) is -1.10. The van der Waals surface area contributed by atoms with Gasteiger partial charge in [-0.2, -0.15) is 0 Å². The standard InChI is InChI=1S/C13H18N2O4/c1-4-18-12(16)10-7-6-9(3)15(10)11(8-14)13(17)19-5-2/h6-8H,4-5,14H2,1-3H3. The Bertz CT molecular complexity index is 503. The molecule has 0 amide bonds. The molecular weight excluding hydrogens is 248 g/mol. The predicted octanol–water partition coefficient (Wildman–Crippen LogP) is 1.29. The van der Waals surface area contributed by atoms with Crippen LogP contribution < -0.4 is 5.73 Å². The monoisotopic (exact) mass is 266 g/mol. The van der Waals surface area contributed by atoms with Gasteiger partial charge >= 0.3 is 11.9 Å². The van der Waals surface area contributed by atoms with Crippen molar-refractivity contribution < 1.29 is 19.1 Å². The van der Waals surface area contributed by atoms with Crippen LogP contribution in [0.1, 0.15) is 30.0 Å². The number of aromatic nitrogens is 1. The third-order valence-electron chi connectivity index (χ3n) is 2.44. The minimum absolute atomic E-state index is 0.0902. The first kappa shape index (κ1) is 14.8. The van der Waals surface area contributed by atoms with E-state index in [0.29, 0.717) is 5.69 Å². The second-order valence-electron chi connectivity index (χ2n) is 3.69. The Morgan fingerprint density at radius 2 is 1.89 bits per heavy atom. The van der Waals surface area contributed by atoms with E-state index >= 15 is 0 Å². The number of carbonyl (C=O) groups is 2. The largest absolute Gasteiger partial charge is 0.461 e.